The van der Waals surface area contributed by atoms with Crippen molar-refractivity contribution in [1.29, 1.82) is 0 Å². The van der Waals surface area contributed by atoms with E-state index >= 15 is 0 Å². The van der Waals surface area contributed by atoms with E-state index in [9.17, 15) is 14.4 Å². The third-order valence-electron chi connectivity index (χ3n) is 5.20. The fourth-order valence-electron chi connectivity index (χ4n) is 3.67. The molecule has 2 N–H and O–H groups in total. The molecule has 1 aliphatic heterocycles. The number of hydrogen-bond donors (Lipinski definition) is 2. The Morgan fingerprint density at radius 2 is 1.75 bits per heavy atom. The molecule has 7 heteroatoms. The number of amides is 3. The molecule has 0 spiro atoms. The normalized spacial score (nSPS) is 13.7. The highest BCUT2D eigenvalue weighted by atomic mass is 16.3. The van der Waals surface area contributed by atoms with Gasteiger partial charge in [-0.15, -0.1) is 0 Å². The molecule has 2 aromatic carbocycles. The van der Waals surface area contributed by atoms with Crippen molar-refractivity contribution < 1.29 is 18.8 Å². The number of nitrogens with one attached hydrogen (secondary N) is 2. The van der Waals surface area contributed by atoms with Gasteiger partial charge in [-0.1, -0.05) is 29.8 Å². The van der Waals surface area contributed by atoms with Crippen LogP contribution in [0, 0.1) is 13.8 Å². The summed E-state index contributed by atoms with van der Waals surface area (Å²) in [7, 11) is 0. The van der Waals surface area contributed by atoms with Crippen LogP contribution in [0.3, 0.4) is 0 Å². The van der Waals surface area contributed by atoms with Crippen molar-refractivity contribution >= 4 is 34.7 Å². The summed E-state index contributed by atoms with van der Waals surface area (Å²) in [4.78, 5) is 39.1. The number of imide groups is 1. The second-order valence-corrected chi connectivity index (χ2v) is 7.73. The highest BCUT2D eigenvalue weighted by Gasteiger charge is 2.39. The van der Waals surface area contributed by atoms with Gasteiger partial charge in [0.05, 0.1) is 18.4 Å². The Labute approximate surface area is 185 Å². The van der Waals surface area contributed by atoms with Gasteiger partial charge in [0.15, 0.2) is 0 Å². The summed E-state index contributed by atoms with van der Waals surface area (Å²) in [5, 5.41) is 5.89. The van der Waals surface area contributed by atoms with Crippen LogP contribution in [0.1, 0.15) is 29.4 Å². The standard InChI is InChI=1S/C25H23N3O4/c1-15-6-11-21(16(2)13-15)27-23-22(18-7-9-19(10-8-18)26-17(3)29)24(30)28(25(23)31)14-20-5-4-12-32-20/h4-13,27H,14H2,1-3H3,(H,26,29). The van der Waals surface area contributed by atoms with E-state index < -0.39 is 11.8 Å². The zero-order valence-electron chi connectivity index (χ0n) is 18.1. The Morgan fingerprint density at radius 3 is 2.38 bits per heavy atom. The lowest BCUT2D eigenvalue weighted by atomic mass is 10.0. The average molecular weight is 429 g/mol. The van der Waals surface area contributed by atoms with Crippen molar-refractivity contribution in [2.45, 2.75) is 27.3 Å². The van der Waals surface area contributed by atoms with Gasteiger partial charge in [-0.25, -0.2) is 0 Å². The minimum Gasteiger partial charge on any atom is -0.467 e. The van der Waals surface area contributed by atoms with Gasteiger partial charge in [0.25, 0.3) is 11.8 Å². The molecule has 4 rings (SSSR count). The zero-order valence-corrected chi connectivity index (χ0v) is 18.1. The summed E-state index contributed by atoms with van der Waals surface area (Å²) < 4.78 is 5.35. The largest absolute Gasteiger partial charge is 0.467 e. The molecular formula is C25H23N3O4. The first-order chi connectivity index (χ1) is 15.3. The maximum atomic E-state index is 13.3. The molecular weight excluding hydrogens is 406 g/mol. The maximum absolute atomic E-state index is 13.3. The number of rotatable bonds is 6. The van der Waals surface area contributed by atoms with E-state index in [1.54, 1.807) is 36.4 Å². The summed E-state index contributed by atoms with van der Waals surface area (Å²) in [6.07, 6.45) is 1.50. The minimum atomic E-state index is -0.424. The molecule has 32 heavy (non-hydrogen) atoms. The van der Waals surface area contributed by atoms with E-state index in [-0.39, 0.29) is 23.7 Å². The number of anilines is 2. The van der Waals surface area contributed by atoms with E-state index in [1.807, 2.05) is 32.0 Å². The Morgan fingerprint density at radius 1 is 1.00 bits per heavy atom. The van der Waals surface area contributed by atoms with Crippen LogP contribution in [-0.2, 0) is 20.9 Å². The van der Waals surface area contributed by atoms with E-state index in [2.05, 4.69) is 10.6 Å². The molecule has 3 aromatic rings. The second kappa shape index (κ2) is 8.55. The fraction of sp³-hybridized carbons (Fsp3) is 0.160. The van der Waals surface area contributed by atoms with Crippen molar-refractivity contribution in [2.75, 3.05) is 10.6 Å². The van der Waals surface area contributed by atoms with Crippen molar-refractivity contribution in [2.24, 2.45) is 0 Å². The van der Waals surface area contributed by atoms with Gasteiger partial charge in [-0.2, -0.15) is 0 Å². The lowest BCUT2D eigenvalue weighted by Crippen LogP contribution is -2.31. The summed E-state index contributed by atoms with van der Waals surface area (Å²) in [6, 6.07) is 16.1. The van der Waals surface area contributed by atoms with Gasteiger partial charge in [0.1, 0.15) is 11.5 Å². The lowest BCUT2D eigenvalue weighted by molar-refractivity contribution is -0.137. The van der Waals surface area contributed by atoms with E-state index in [0.29, 0.717) is 17.0 Å². The Kier molecular flexibility index (Phi) is 5.64. The van der Waals surface area contributed by atoms with Crippen LogP contribution in [0.4, 0.5) is 11.4 Å². The molecule has 7 nitrogen and oxygen atoms in total. The molecule has 0 aliphatic carbocycles. The number of hydrogen-bond acceptors (Lipinski definition) is 5. The fourth-order valence-corrected chi connectivity index (χ4v) is 3.67. The molecule has 0 bridgehead atoms. The predicted molar refractivity (Wildman–Crippen MR) is 121 cm³/mol. The summed E-state index contributed by atoms with van der Waals surface area (Å²) in [5.74, 6) is -0.510. The first kappa shape index (κ1) is 21.1. The van der Waals surface area contributed by atoms with Crippen LogP contribution in [-0.4, -0.2) is 22.6 Å². The highest BCUT2D eigenvalue weighted by molar-refractivity contribution is 6.36. The molecule has 0 atom stereocenters. The van der Waals surface area contributed by atoms with Crippen molar-refractivity contribution in [3.63, 3.8) is 0 Å². The number of furan rings is 1. The molecule has 0 fully saturated rings. The average Bonchev–Trinajstić information content (AvgIpc) is 3.33. The van der Waals surface area contributed by atoms with Crippen molar-refractivity contribution in [3.8, 4) is 0 Å². The first-order valence-corrected chi connectivity index (χ1v) is 10.2. The Hall–Kier alpha value is -4.13. The first-order valence-electron chi connectivity index (χ1n) is 10.2. The third-order valence-corrected chi connectivity index (χ3v) is 5.20. The van der Waals surface area contributed by atoms with Crippen LogP contribution in [0.15, 0.2) is 71.0 Å². The smallest absolute Gasteiger partial charge is 0.278 e. The highest BCUT2D eigenvalue weighted by Crippen LogP contribution is 2.33. The van der Waals surface area contributed by atoms with Gasteiger partial charge >= 0.3 is 0 Å². The number of aryl methyl sites for hydroxylation is 2. The molecule has 0 unspecified atom stereocenters. The third kappa shape index (κ3) is 4.18. The number of carbonyl (C=O) groups excluding carboxylic acids is 3. The number of benzene rings is 2. The van der Waals surface area contributed by atoms with Crippen LogP contribution in [0.5, 0.6) is 0 Å². The Balaban J connectivity index is 1.74. The second-order valence-electron chi connectivity index (χ2n) is 7.73. The molecule has 0 radical (unpaired) electrons. The molecule has 162 valence electrons. The lowest BCUT2D eigenvalue weighted by Gasteiger charge is -2.14. The predicted octanol–water partition coefficient (Wildman–Crippen LogP) is 4.25. The zero-order chi connectivity index (χ0) is 22.8. The van der Waals surface area contributed by atoms with Gasteiger partial charge < -0.3 is 15.1 Å². The van der Waals surface area contributed by atoms with E-state index in [0.717, 1.165) is 16.8 Å². The summed E-state index contributed by atoms with van der Waals surface area (Å²) in [6.45, 7) is 5.40. The van der Waals surface area contributed by atoms with Gasteiger partial charge in [0.2, 0.25) is 5.91 Å². The van der Waals surface area contributed by atoms with Crippen LogP contribution < -0.4 is 10.6 Å². The van der Waals surface area contributed by atoms with Crippen LogP contribution >= 0.6 is 0 Å². The van der Waals surface area contributed by atoms with Gasteiger partial charge in [-0.05, 0) is 55.3 Å². The topological polar surface area (TPSA) is 91.7 Å². The van der Waals surface area contributed by atoms with Gasteiger partial charge in [0, 0.05) is 18.3 Å². The molecule has 3 amide bonds. The van der Waals surface area contributed by atoms with E-state index in [4.69, 9.17) is 4.42 Å². The monoisotopic (exact) mass is 429 g/mol. The Bertz CT molecular complexity index is 1220. The SMILES string of the molecule is CC(=O)Nc1ccc(C2=C(Nc3ccc(C)cc3C)C(=O)N(Cc3ccco3)C2=O)cc1. The van der Waals surface area contributed by atoms with Crippen molar-refractivity contribution in [1.82, 2.24) is 4.90 Å². The van der Waals surface area contributed by atoms with Crippen molar-refractivity contribution in [3.05, 3.63) is 89.0 Å². The summed E-state index contributed by atoms with van der Waals surface area (Å²) >= 11 is 0. The molecule has 0 saturated carbocycles. The number of nitrogens with zero attached hydrogens (tertiary/aromatic N) is 1. The molecule has 1 aliphatic rings. The van der Waals surface area contributed by atoms with E-state index in [1.165, 1.54) is 18.1 Å². The van der Waals surface area contributed by atoms with Gasteiger partial charge in [-0.3, -0.25) is 19.3 Å². The van der Waals surface area contributed by atoms with Crippen LogP contribution in [0.25, 0.3) is 5.57 Å². The molecule has 0 saturated heterocycles. The minimum absolute atomic E-state index is 0.0379. The summed E-state index contributed by atoms with van der Waals surface area (Å²) in [5.41, 5.74) is 4.48. The molecule has 1 aromatic heterocycles. The van der Waals surface area contributed by atoms with Crippen LogP contribution in [0.2, 0.25) is 0 Å². The quantitative estimate of drug-likeness (QED) is 0.572. The molecule has 2 heterocycles. The maximum Gasteiger partial charge on any atom is 0.278 e. The number of carbonyl (C=O) groups is 3.